The van der Waals surface area contributed by atoms with Crippen molar-refractivity contribution in [3.05, 3.63) is 22.3 Å². The number of ether oxygens (including phenoxy) is 1. The fourth-order valence-electron chi connectivity index (χ4n) is 2.44. The minimum absolute atomic E-state index is 0.176. The first kappa shape index (κ1) is 15.6. The van der Waals surface area contributed by atoms with Crippen molar-refractivity contribution in [3.63, 3.8) is 0 Å². The van der Waals surface area contributed by atoms with E-state index in [2.05, 4.69) is 5.10 Å². The summed E-state index contributed by atoms with van der Waals surface area (Å²) in [5.41, 5.74) is 10.2. The fraction of sp³-hybridized carbons (Fsp3) is 0.467. The third-order valence-corrected chi connectivity index (χ3v) is 4.13. The van der Waals surface area contributed by atoms with Crippen LogP contribution in [0.4, 0.5) is 5.00 Å². The highest BCUT2D eigenvalue weighted by atomic mass is 32.1. The first-order valence-corrected chi connectivity index (χ1v) is 7.87. The molecule has 0 amide bonds. The number of aromatic nitrogens is 2. The zero-order chi connectivity index (χ0) is 15.7. The summed E-state index contributed by atoms with van der Waals surface area (Å²) in [6.45, 7) is 10.4. The van der Waals surface area contributed by atoms with Gasteiger partial charge in [-0.05, 0) is 34.6 Å². The molecule has 6 heteroatoms. The lowest BCUT2D eigenvalue weighted by Crippen LogP contribution is -2.13. The van der Waals surface area contributed by atoms with Gasteiger partial charge in [-0.15, -0.1) is 11.3 Å². The monoisotopic (exact) mass is 307 g/mol. The minimum atomic E-state index is -0.373. The lowest BCUT2D eigenvalue weighted by atomic mass is 10.0. The van der Waals surface area contributed by atoms with Gasteiger partial charge in [0.2, 0.25) is 0 Å². The van der Waals surface area contributed by atoms with Crippen molar-refractivity contribution in [1.29, 1.82) is 0 Å². The minimum Gasteiger partial charge on any atom is -0.459 e. The fourth-order valence-corrected chi connectivity index (χ4v) is 3.23. The first-order valence-electron chi connectivity index (χ1n) is 6.99. The maximum absolute atomic E-state index is 12.3. The molecule has 114 valence electrons. The van der Waals surface area contributed by atoms with Gasteiger partial charge in [0.25, 0.3) is 0 Å². The Hall–Kier alpha value is -1.82. The van der Waals surface area contributed by atoms with E-state index in [1.807, 2.05) is 44.7 Å². The van der Waals surface area contributed by atoms with Crippen molar-refractivity contribution in [2.45, 2.75) is 47.3 Å². The van der Waals surface area contributed by atoms with Crippen molar-refractivity contribution in [1.82, 2.24) is 9.78 Å². The standard InChI is InChI=1S/C15H21N3O2S/c1-6-18-10(5)12(9(4)17-18)11-7-21-14(16)13(11)15(19)20-8(2)3/h7-8H,6,16H2,1-5H3. The van der Waals surface area contributed by atoms with E-state index in [0.717, 1.165) is 29.1 Å². The van der Waals surface area contributed by atoms with Gasteiger partial charge >= 0.3 is 5.97 Å². The van der Waals surface area contributed by atoms with E-state index in [1.165, 1.54) is 11.3 Å². The van der Waals surface area contributed by atoms with Gasteiger partial charge in [-0.2, -0.15) is 5.10 Å². The summed E-state index contributed by atoms with van der Waals surface area (Å²) in [5, 5.41) is 6.89. The van der Waals surface area contributed by atoms with E-state index in [1.54, 1.807) is 0 Å². The molecule has 0 saturated carbocycles. The Morgan fingerprint density at radius 3 is 2.67 bits per heavy atom. The van der Waals surface area contributed by atoms with Gasteiger partial charge in [-0.3, -0.25) is 4.68 Å². The molecule has 0 aromatic carbocycles. The van der Waals surface area contributed by atoms with Crippen LogP contribution in [0.3, 0.4) is 0 Å². The van der Waals surface area contributed by atoms with E-state index in [-0.39, 0.29) is 12.1 Å². The lowest BCUT2D eigenvalue weighted by Gasteiger charge is -2.10. The van der Waals surface area contributed by atoms with Crippen molar-refractivity contribution in [2.75, 3.05) is 5.73 Å². The molecule has 0 spiro atoms. The van der Waals surface area contributed by atoms with Crippen molar-refractivity contribution in [3.8, 4) is 11.1 Å². The number of anilines is 1. The molecule has 2 aromatic rings. The number of nitrogens with zero attached hydrogens (tertiary/aromatic N) is 2. The smallest absolute Gasteiger partial charge is 0.342 e. The number of nitrogen functional groups attached to an aromatic ring is 1. The summed E-state index contributed by atoms with van der Waals surface area (Å²) in [6.07, 6.45) is -0.176. The molecular weight excluding hydrogens is 286 g/mol. The number of thiophene rings is 1. The molecule has 0 atom stereocenters. The molecule has 2 rings (SSSR count). The Balaban J connectivity index is 2.56. The number of nitrogens with two attached hydrogens (primary N) is 1. The normalized spacial score (nSPS) is 11.1. The van der Waals surface area contributed by atoms with E-state index in [9.17, 15) is 4.79 Å². The number of carbonyl (C=O) groups is 1. The van der Waals surface area contributed by atoms with Gasteiger partial charge in [0.1, 0.15) is 10.6 Å². The van der Waals surface area contributed by atoms with Gasteiger partial charge in [0.15, 0.2) is 0 Å². The number of hydrogen-bond donors (Lipinski definition) is 1. The molecule has 2 heterocycles. The highest BCUT2D eigenvalue weighted by Gasteiger charge is 2.24. The van der Waals surface area contributed by atoms with Gasteiger partial charge in [-0.25, -0.2) is 4.79 Å². The molecule has 5 nitrogen and oxygen atoms in total. The molecule has 21 heavy (non-hydrogen) atoms. The van der Waals surface area contributed by atoms with Crippen molar-refractivity contribution < 1.29 is 9.53 Å². The molecule has 0 aliphatic rings. The molecule has 0 saturated heterocycles. The predicted molar refractivity (Wildman–Crippen MR) is 85.7 cm³/mol. The Morgan fingerprint density at radius 1 is 1.48 bits per heavy atom. The third kappa shape index (κ3) is 2.81. The summed E-state index contributed by atoms with van der Waals surface area (Å²) in [4.78, 5) is 12.3. The van der Waals surface area contributed by atoms with Gasteiger partial charge in [-0.1, -0.05) is 0 Å². The van der Waals surface area contributed by atoms with Crippen LogP contribution >= 0.6 is 11.3 Å². The van der Waals surface area contributed by atoms with Crippen LogP contribution in [0.5, 0.6) is 0 Å². The zero-order valence-electron chi connectivity index (χ0n) is 13.1. The largest absolute Gasteiger partial charge is 0.459 e. The Kier molecular flexibility index (Phi) is 4.37. The first-order chi connectivity index (χ1) is 9.86. The second-order valence-corrected chi connectivity index (χ2v) is 6.12. The van der Waals surface area contributed by atoms with Crippen LogP contribution in [0.2, 0.25) is 0 Å². The molecule has 0 fully saturated rings. The Bertz CT molecular complexity index is 671. The van der Waals surface area contributed by atoms with Crippen LogP contribution in [0.1, 0.15) is 42.5 Å². The van der Waals surface area contributed by atoms with Gasteiger partial charge in [0.05, 0.1) is 11.8 Å². The Labute approximate surface area is 128 Å². The molecule has 0 aliphatic carbocycles. The summed E-state index contributed by atoms with van der Waals surface area (Å²) in [6, 6.07) is 0. The summed E-state index contributed by atoms with van der Waals surface area (Å²) in [5.74, 6) is -0.373. The van der Waals surface area contributed by atoms with Crippen LogP contribution in [-0.4, -0.2) is 21.9 Å². The van der Waals surface area contributed by atoms with Crippen LogP contribution in [-0.2, 0) is 11.3 Å². The SMILES string of the molecule is CCn1nc(C)c(-c2csc(N)c2C(=O)OC(C)C)c1C. The van der Waals surface area contributed by atoms with Gasteiger partial charge < -0.3 is 10.5 Å². The van der Waals surface area contributed by atoms with E-state index in [4.69, 9.17) is 10.5 Å². The molecule has 2 aromatic heterocycles. The van der Waals surface area contributed by atoms with Crippen LogP contribution in [0.25, 0.3) is 11.1 Å². The molecule has 0 bridgehead atoms. The maximum Gasteiger partial charge on any atom is 0.342 e. The molecule has 0 unspecified atom stereocenters. The van der Waals surface area contributed by atoms with Crippen LogP contribution in [0.15, 0.2) is 5.38 Å². The second-order valence-electron chi connectivity index (χ2n) is 5.20. The summed E-state index contributed by atoms with van der Waals surface area (Å²) < 4.78 is 7.24. The number of carbonyl (C=O) groups excluding carboxylic acids is 1. The number of esters is 1. The highest BCUT2D eigenvalue weighted by molar-refractivity contribution is 7.15. The number of hydrogen-bond acceptors (Lipinski definition) is 5. The lowest BCUT2D eigenvalue weighted by molar-refractivity contribution is 0.0380. The van der Waals surface area contributed by atoms with Gasteiger partial charge in [0, 0.05) is 28.7 Å². The second kappa shape index (κ2) is 5.89. The molecular formula is C15H21N3O2S. The maximum atomic E-state index is 12.3. The number of rotatable bonds is 4. The van der Waals surface area contributed by atoms with Crippen molar-refractivity contribution >= 4 is 22.3 Å². The quantitative estimate of drug-likeness (QED) is 0.879. The van der Waals surface area contributed by atoms with E-state index in [0.29, 0.717) is 10.6 Å². The van der Waals surface area contributed by atoms with E-state index < -0.39 is 0 Å². The molecule has 0 radical (unpaired) electrons. The molecule has 2 N–H and O–H groups in total. The van der Waals surface area contributed by atoms with Crippen LogP contribution < -0.4 is 5.73 Å². The molecule has 0 aliphatic heterocycles. The van der Waals surface area contributed by atoms with E-state index >= 15 is 0 Å². The Morgan fingerprint density at radius 2 is 2.14 bits per heavy atom. The number of aryl methyl sites for hydroxylation is 2. The predicted octanol–water partition coefficient (Wildman–Crippen LogP) is 3.40. The third-order valence-electron chi connectivity index (χ3n) is 3.32. The summed E-state index contributed by atoms with van der Waals surface area (Å²) in [7, 11) is 0. The average Bonchev–Trinajstić information content (AvgIpc) is 2.89. The summed E-state index contributed by atoms with van der Waals surface area (Å²) >= 11 is 1.36. The zero-order valence-corrected chi connectivity index (χ0v) is 13.9. The average molecular weight is 307 g/mol. The highest BCUT2D eigenvalue weighted by Crippen LogP contribution is 2.37. The van der Waals surface area contributed by atoms with Crippen molar-refractivity contribution in [2.24, 2.45) is 0 Å². The topological polar surface area (TPSA) is 70.1 Å². The van der Waals surface area contributed by atoms with Crippen LogP contribution in [0, 0.1) is 13.8 Å².